The van der Waals surface area contributed by atoms with Crippen LogP contribution in [0.2, 0.25) is 0 Å². The summed E-state index contributed by atoms with van der Waals surface area (Å²) in [6.45, 7) is 1.64. The smallest absolute Gasteiger partial charge is 0.338 e. The lowest BCUT2D eigenvalue weighted by Crippen LogP contribution is -2.08. The van der Waals surface area contributed by atoms with E-state index in [4.69, 9.17) is 0 Å². The summed E-state index contributed by atoms with van der Waals surface area (Å²) in [6, 6.07) is 4.04. The molecule has 0 aliphatic rings. The van der Waals surface area contributed by atoms with Crippen molar-refractivity contribution in [3.63, 3.8) is 0 Å². The van der Waals surface area contributed by atoms with Gasteiger partial charge in [-0.2, -0.15) is 13.2 Å². The fourth-order valence-corrected chi connectivity index (χ4v) is 2.79. The molecule has 0 amide bonds. The molecule has 0 saturated heterocycles. The van der Waals surface area contributed by atoms with Crippen LogP contribution in [0.25, 0.3) is 16.9 Å². The first-order valence-electron chi connectivity index (χ1n) is 8.19. The van der Waals surface area contributed by atoms with E-state index in [2.05, 4.69) is 25.3 Å². The summed E-state index contributed by atoms with van der Waals surface area (Å²) in [5.74, 6) is -1.14. The van der Waals surface area contributed by atoms with Gasteiger partial charge in [-0.15, -0.1) is 0 Å². The van der Waals surface area contributed by atoms with Gasteiger partial charge in [-0.3, -0.25) is 9.55 Å². The third kappa shape index (κ3) is 3.58. The van der Waals surface area contributed by atoms with E-state index >= 15 is 0 Å². The molecule has 29 heavy (non-hydrogen) atoms. The lowest BCUT2D eigenvalue weighted by atomic mass is 10.3. The van der Waals surface area contributed by atoms with E-state index in [1.54, 1.807) is 6.92 Å². The summed E-state index contributed by atoms with van der Waals surface area (Å²) in [5.41, 5.74) is -0.208. The van der Waals surface area contributed by atoms with E-state index in [9.17, 15) is 22.0 Å². The van der Waals surface area contributed by atoms with Gasteiger partial charge >= 0.3 is 6.18 Å². The monoisotopic (exact) mass is 406 g/mol. The van der Waals surface area contributed by atoms with Crippen molar-refractivity contribution in [2.24, 2.45) is 0 Å². The third-order valence-corrected chi connectivity index (χ3v) is 4.04. The van der Waals surface area contributed by atoms with Crippen molar-refractivity contribution in [3.8, 4) is 5.82 Å². The van der Waals surface area contributed by atoms with Crippen LogP contribution in [0.5, 0.6) is 0 Å². The molecule has 1 N–H and O–H groups in total. The number of aromatic nitrogens is 5. The minimum atomic E-state index is -4.53. The Balaban J connectivity index is 1.69. The van der Waals surface area contributed by atoms with Gasteiger partial charge in [0.15, 0.2) is 23.3 Å². The van der Waals surface area contributed by atoms with Gasteiger partial charge in [-0.1, -0.05) is 0 Å². The van der Waals surface area contributed by atoms with E-state index in [0.29, 0.717) is 11.3 Å². The van der Waals surface area contributed by atoms with Crippen LogP contribution in [0.15, 0.2) is 42.9 Å². The summed E-state index contributed by atoms with van der Waals surface area (Å²) in [7, 11) is 0. The molecule has 4 aromatic rings. The highest BCUT2D eigenvalue weighted by Crippen LogP contribution is 2.28. The number of rotatable bonds is 3. The molecule has 1 aromatic carbocycles. The number of nitrogens with zero attached hydrogens (tertiary/aromatic N) is 5. The molecule has 0 unspecified atom stereocenters. The number of pyridine rings is 1. The zero-order chi connectivity index (χ0) is 20.8. The maximum atomic E-state index is 13.7. The number of hydrogen-bond acceptors (Lipinski definition) is 5. The van der Waals surface area contributed by atoms with E-state index < -0.39 is 23.5 Å². The van der Waals surface area contributed by atoms with Crippen LogP contribution in [-0.2, 0) is 6.18 Å². The largest absolute Gasteiger partial charge is 0.433 e. The van der Waals surface area contributed by atoms with Gasteiger partial charge in [-0.25, -0.2) is 23.7 Å². The number of fused-ring (bicyclic) bond motifs is 1. The van der Waals surface area contributed by atoms with Crippen LogP contribution < -0.4 is 5.32 Å². The quantitative estimate of drug-likeness (QED) is 0.505. The summed E-state index contributed by atoms with van der Waals surface area (Å²) in [5, 5.41) is 2.80. The first-order chi connectivity index (χ1) is 13.7. The maximum absolute atomic E-state index is 13.7. The molecule has 0 bridgehead atoms. The lowest BCUT2D eigenvalue weighted by molar-refractivity contribution is -0.141. The molecule has 0 atom stereocenters. The average Bonchev–Trinajstić information content (AvgIpc) is 2.97. The van der Waals surface area contributed by atoms with Crippen LogP contribution in [-0.4, -0.2) is 24.5 Å². The van der Waals surface area contributed by atoms with Crippen molar-refractivity contribution in [3.05, 3.63) is 66.0 Å². The highest BCUT2D eigenvalue weighted by molar-refractivity contribution is 5.78. The van der Waals surface area contributed by atoms with Crippen LogP contribution in [0, 0.1) is 18.6 Å². The van der Waals surface area contributed by atoms with E-state index in [0.717, 1.165) is 24.4 Å². The molecule has 0 fully saturated rings. The molecule has 3 heterocycles. The van der Waals surface area contributed by atoms with Crippen LogP contribution in [0.4, 0.5) is 33.5 Å². The Morgan fingerprint density at radius 3 is 2.41 bits per heavy atom. The number of nitrogens with one attached hydrogen (secondary N) is 1. The average molecular weight is 406 g/mol. The molecular formula is C18H11F5N6. The second-order valence-corrected chi connectivity index (χ2v) is 6.07. The number of aryl methyl sites for hydroxylation is 1. The molecule has 148 valence electrons. The standard InChI is InChI=1S/C18H11F5N6/c1-9-26-13-4-11(19)12(20)5-14(13)29(9)17-8-24-7-16(28-17)27-10-2-3-15(25-6-10)18(21,22)23/h2-8H,1H3,(H,27,28). The maximum Gasteiger partial charge on any atom is 0.433 e. The first kappa shape index (κ1) is 18.7. The van der Waals surface area contributed by atoms with Crippen molar-refractivity contribution in [2.45, 2.75) is 13.1 Å². The van der Waals surface area contributed by atoms with Crippen molar-refractivity contribution < 1.29 is 22.0 Å². The van der Waals surface area contributed by atoms with Crippen LogP contribution in [0.3, 0.4) is 0 Å². The fourth-order valence-electron chi connectivity index (χ4n) is 2.79. The molecule has 3 aromatic heterocycles. The summed E-state index contributed by atoms with van der Waals surface area (Å²) in [6.07, 6.45) is -0.762. The Morgan fingerprint density at radius 2 is 1.72 bits per heavy atom. The van der Waals surface area contributed by atoms with Crippen molar-refractivity contribution >= 4 is 22.5 Å². The number of alkyl halides is 3. The molecule has 0 aliphatic heterocycles. The Kier molecular flexibility index (Phi) is 4.36. The van der Waals surface area contributed by atoms with Crippen molar-refractivity contribution in [1.82, 2.24) is 24.5 Å². The van der Waals surface area contributed by atoms with Gasteiger partial charge in [0, 0.05) is 12.1 Å². The highest BCUT2D eigenvalue weighted by atomic mass is 19.4. The molecule has 4 rings (SSSR count). The van der Waals surface area contributed by atoms with Gasteiger partial charge in [0.05, 0.1) is 35.3 Å². The van der Waals surface area contributed by atoms with E-state index in [1.165, 1.54) is 23.0 Å². The van der Waals surface area contributed by atoms with Crippen LogP contribution >= 0.6 is 0 Å². The molecule has 0 saturated carbocycles. The third-order valence-electron chi connectivity index (χ3n) is 4.04. The van der Waals surface area contributed by atoms with Crippen molar-refractivity contribution in [1.29, 1.82) is 0 Å². The number of hydrogen-bond donors (Lipinski definition) is 1. The molecular weight excluding hydrogens is 395 g/mol. The van der Waals surface area contributed by atoms with Gasteiger partial charge in [0.2, 0.25) is 0 Å². The zero-order valence-electron chi connectivity index (χ0n) is 14.7. The summed E-state index contributed by atoms with van der Waals surface area (Å²) in [4.78, 5) is 15.9. The van der Waals surface area contributed by atoms with Gasteiger partial charge in [0.1, 0.15) is 11.5 Å². The van der Waals surface area contributed by atoms with Gasteiger partial charge < -0.3 is 5.32 Å². The SMILES string of the molecule is Cc1nc2cc(F)c(F)cc2n1-c1cncc(Nc2ccc(C(F)(F)F)nc2)n1. The van der Waals surface area contributed by atoms with Gasteiger partial charge in [-0.05, 0) is 19.1 Å². The molecule has 0 spiro atoms. The topological polar surface area (TPSA) is 68.5 Å². The number of anilines is 2. The lowest BCUT2D eigenvalue weighted by Gasteiger charge is -2.10. The van der Waals surface area contributed by atoms with E-state index in [-0.39, 0.29) is 22.8 Å². The molecule has 6 nitrogen and oxygen atoms in total. The summed E-state index contributed by atoms with van der Waals surface area (Å²) >= 11 is 0. The van der Waals surface area contributed by atoms with Crippen LogP contribution in [0.1, 0.15) is 11.5 Å². The summed E-state index contributed by atoms with van der Waals surface area (Å²) < 4.78 is 66.5. The van der Waals surface area contributed by atoms with Gasteiger partial charge in [0.25, 0.3) is 0 Å². The fraction of sp³-hybridized carbons (Fsp3) is 0.111. The predicted molar refractivity (Wildman–Crippen MR) is 93.8 cm³/mol. The van der Waals surface area contributed by atoms with E-state index in [1.807, 2.05) is 0 Å². The Bertz CT molecular complexity index is 1200. The molecule has 0 aliphatic carbocycles. The first-order valence-corrected chi connectivity index (χ1v) is 8.19. The Labute approximate surface area is 160 Å². The Hall–Kier alpha value is -3.63. The van der Waals surface area contributed by atoms with Crippen molar-refractivity contribution in [2.75, 3.05) is 5.32 Å². The highest BCUT2D eigenvalue weighted by Gasteiger charge is 2.32. The Morgan fingerprint density at radius 1 is 0.966 bits per heavy atom. The minimum absolute atomic E-state index is 0.216. The zero-order valence-corrected chi connectivity index (χ0v) is 14.7. The number of halogens is 5. The minimum Gasteiger partial charge on any atom is -0.338 e. The predicted octanol–water partition coefficient (Wildman–Crippen LogP) is 4.56. The number of imidazole rings is 1. The second kappa shape index (κ2) is 6.76. The number of benzene rings is 1. The second-order valence-electron chi connectivity index (χ2n) is 6.07. The molecule has 11 heteroatoms. The normalized spacial score (nSPS) is 11.8. The molecule has 0 radical (unpaired) electrons.